The van der Waals surface area contributed by atoms with E-state index in [0.717, 1.165) is 11.8 Å². The zero-order valence-corrected chi connectivity index (χ0v) is 16.5. The Labute approximate surface area is 175 Å². The Balaban J connectivity index is 1.81. The molecular formula is C21H15N3O5S. The Morgan fingerprint density at radius 1 is 1.10 bits per heavy atom. The first kappa shape index (κ1) is 19.5. The van der Waals surface area contributed by atoms with E-state index < -0.39 is 10.9 Å². The second-order valence-electron chi connectivity index (χ2n) is 6.16. The van der Waals surface area contributed by atoms with Gasteiger partial charge in [0.05, 0.1) is 32.4 Å². The van der Waals surface area contributed by atoms with Gasteiger partial charge in [0, 0.05) is 6.07 Å². The SMILES string of the molecule is Cc1nn(-c2ccccc2)c(OC(=O)c2ccco2)c1Sc1ccccc1[N+](=O)[O-]. The third-order valence-corrected chi connectivity index (χ3v) is 5.39. The fraction of sp³-hybridized carbons (Fsp3) is 0.0476. The molecular weight excluding hydrogens is 406 g/mol. The van der Waals surface area contributed by atoms with Gasteiger partial charge >= 0.3 is 5.97 Å². The minimum Gasteiger partial charge on any atom is -0.457 e. The summed E-state index contributed by atoms with van der Waals surface area (Å²) in [4.78, 5) is 24.4. The minimum atomic E-state index is -0.693. The maximum absolute atomic E-state index is 12.6. The summed E-state index contributed by atoms with van der Waals surface area (Å²) in [6, 6.07) is 18.6. The van der Waals surface area contributed by atoms with Crippen LogP contribution in [-0.2, 0) is 0 Å². The molecule has 0 atom stereocenters. The number of carbonyl (C=O) groups excluding carboxylic acids is 1. The number of nitro benzene ring substituents is 1. The molecule has 0 radical (unpaired) electrons. The van der Waals surface area contributed by atoms with Gasteiger partial charge in [-0.2, -0.15) is 9.78 Å². The predicted molar refractivity (Wildman–Crippen MR) is 109 cm³/mol. The van der Waals surface area contributed by atoms with Crippen LogP contribution in [0.4, 0.5) is 5.69 Å². The van der Waals surface area contributed by atoms with Gasteiger partial charge < -0.3 is 9.15 Å². The Hall–Kier alpha value is -3.85. The number of benzene rings is 2. The van der Waals surface area contributed by atoms with Gasteiger partial charge in [0.2, 0.25) is 11.6 Å². The Bertz CT molecular complexity index is 1200. The number of furan rings is 1. The van der Waals surface area contributed by atoms with E-state index in [4.69, 9.17) is 9.15 Å². The number of aromatic nitrogens is 2. The quantitative estimate of drug-likeness (QED) is 0.244. The summed E-state index contributed by atoms with van der Waals surface area (Å²) in [5, 5.41) is 15.9. The lowest BCUT2D eigenvalue weighted by atomic mass is 10.3. The van der Waals surface area contributed by atoms with E-state index in [1.54, 1.807) is 31.2 Å². The van der Waals surface area contributed by atoms with E-state index >= 15 is 0 Å². The predicted octanol–water partition coefficient (Wildman–Crippen LogP) is 5.05. The van der Waals surface area contributed by atoms with Crippen LogP contribution in [0, 0.1) is 17.0 Å². The molecule has 0 amide bonds. The molecule has 0 bridgehead atoms. The largest absolute Gasteiger partial charge is 0.457 e. The second-order valence-corrected chi connectivity index (χ2v) is 7.21. The summed E-state index contributed by atoms with van der Waals surface area (Å²) in [6.07, 6.45) is 1.37. The first-order valence-electron chi connectivity index (χ1n) is 8.86. The third-order valence-electron chi connectivity index (χ3n) is 4.15. The molecule has 0 fully saturated rings. The third kappa shape index (κ3) is 3.83. The van der Waals surface area contributed by atoms with Crippen molar-refractivity contribution in [2.75, 3.05) is 0 Å². The maximum Gasteiger partial charge on any atom is 0.380 e. The zero-order chi connectivity index (χ0) is 21.1. The molecule has 2 aromatic carbocycles. The number of rotatable bonds is 6. The molecule has 150 valence electrons. The van der Waals surface area contributed by atoms with E-state index in [1.165, 1.54) is 23.1 Å². The fourth-order valence-corrected chi connectivity index (χ4v) is 3.80. The molecule has 0 saturated heterocycles. The van der Waals surface area contributed by atoms with E-state index in [1.807, 2.05) is 30.3 Å². The van der Waals surface area contributed by atoms with Gasteiger partial charge in [0.1, 0.15) is 0 Å². The van der Waals surface area contributed by atoms with E-state index in [-0.39, 0.29) is 17.3 Å². The molecule has 9 heteroatoms. The maximum atomic E-state index is 12.6. The molecule has 0 unspecified atom stereocenters. The number of ether oxygens (including phenoxy) is 1. The highest BCUT2D eigenvalue weighted by Gasteiger charge is 2.25. The normalized spacial score (nSPS) is 10.7. The van der Waals surface area contributed by atoms with Gasteiger partial charge in [-0.05, 0) is 37.3 Å². The number of hydrogen-bond acceptors (Lipinski definition) is 7. The molecule has 0 aliphatic rings. The lowest BCUT2D eigenvalue weighted by Crippen LogP contribution is -2.11. The van der Waals surface area contributed by atoms with Crippen LogP contribution in [-0.4, -0.2) is 20.7 Å². The monoisotopic (exact) mass is 421 g/mol. The van der Waals surface area contributed by atoms with Crippen LogP contribution >= 0.6 is 11.8 Å². The molecule has 0 spiro atoms. The van der Waals surface area contributed by atoms with Crippen molar-refractivity contribution in [2.24, 2.45) is 0 Å². The summed E-state index contributed by atoms with van der Waals surface area (Å²) < 4.78 is 12.3. The summed E-state index contributed by atoms with van der Waals surface area (Å²) in [7, 11) is 0. The molecule has 0 aliphatic carbocycles. The molecule has 8 nitrogen and oxygen atoms in total. The number of nitrogens with zero attached hydrogens (tertiary/aromatic N) is 3. The first-order chi connectivity index (χ1) is 14.5. The molecule has 0 saturated carbocycles. The van der Waals surface area contributed by atoms with E-state index in [0.29, 0.717) is 21.2 Å². The molecule has 30 heavy (non-hydrogen) atoms. The zero-order valence-electron chi connectivity index (χ0n) is 15.7. The average molecular weight is 421 g/mol. The van der Waals surface area contributed by atoms with Crippen LogP contribution in [0.25, 0.3) is 5.69 Å². The summed E-state index contributed by atoms with van der Waals surface area (Å²) in [6.45, 7) is 1.75. The number of aryl methyl sites for hydroxylation is 1. The summed E-state index contributed by atoms with van der Waals surface area (Å²) >= 11 is 1.12. The summed E-state index contributed by atoms with van der Waals surface area (Å²) in [5.74, 6) is -0.500. The molecule has 2 heterocycles. The molecule has 4 aromatic rings. The number of carbonyl (C=O) groups is 1. The standard InChI is InChI=1S/C21H15N3O5S/c1-14-19(30-18-12-6-5-10-16(18)24(26)27)20(29-21(25)17-11-7-13-28-17)23(22-14)15-8-3-2-4-9-15/h2-13H,1H3. The van der Waals surface area contributed by atoms with Gasteiger partial charge in [0.15, 0.2) is 0 Å². The van der Waals surface area contributed by atoms with Gasteiger partial charge in [-0.1, -0.05) is 42.1 Å². The highest BCUT2D eigenvalue weighted by Crippen LogP contribution is 2.42. The van der Waals surface area contributed by atoms with Crippen molar-refractivity contribution >= 4 is 23.4 Å². The highest BCUT2D eigenvalue weighted by molar-refractivity contribution is 7.99. The van der Waals surface area contributed by atoms with Gasteiger partial charge in [0.25, 0.3) is 5.69 Å². The highest BCUT2D eigenvalue weighted by atomic mass is 32.2. The molecule has 2 aromatic heterocycles. The van der Waals surface area contributed by atoms with Crippen molar-refractivity contribution in [3.8, 4) is 11.6 Å². The van der Waals surface area contributed by atoms with Gasteiger partial charge in [-0.25, -0.2) is 4.79 Å². The molecule has 0 aliphatic heterocycles. The van der Waals surface area contributed by atoms with Crippen LogP contribution in [0.15, 0.2) is 87.2 Å². The minimum absolute atomic E-state index is 0.0371. The van der Waals surface area contributed by atoms with Crippen LogP contribution in [0.3, 0.4) is 0 Å². The second kappa shape index (κ2) is 8.26. The van der Waals surface area contributed by atoms with Crippen molar-refractivity contribution in [1.82, 2.24) is 9.78 Å². The number of esters is 1. The summed E-state index contributed by atoms with van der Waals surface area (Å²) in [5.41, 5.74) is 1.19. The van der Waals surface area contributed by atoms with Crippen LogP contribution in [0.5, 0.6) is 5.88 Å². The lowest BCUT2D eigenvalue weighted by molar-refractivity contribution is -0.387. The van der Waals surface area contributed by atoms with Gasteiger partial charge in [-0.3, -0.25) is 10.1 Å². The van der Waals surface area contributed by atoms with Crippen molar-refractivity contribution < 1.29 is 18.9 Å². The van der Waals surface area contributed by atoms with E-state index in [2.05, 4.69) is 5.10 Å². The van der Waals surface area contributed by atoms with Crippen molar-refractivity contribution in [1.29, 1.82) is 0 Å². The van der Waals surface area contributed by atoms with Crippen LogP contribution in [0.1, 0.15) is 16.2 Å². The Morgan fingerprint density at radius 3 is 2.53 bits per heavy atom. The number of hydrogen-bond donors (Lipinski definition) is 0. The first-order valence-corrected chi connectivity index (χ1v) is 9.68. The number of nitro groups is 1. The van der Waals surface area contributed by atoms with Crippen molar-refractivity contribution in [3.63, 3.8) is 0 Å². The van der Waals surface area contributed by atoms with Crippen LogP contribution < -0.4 is 4.74 Å². The fourth-order valence-electron chi connectivity index (χ4n) is 2.78. The van der Waals surface area contributed by atoms with Crippen molar-refractivity contribution in [3.05, 3.63) is 94.6 Å². The smallest absolute Gasteiger partial charge is 0.380 e. The molecule has 4 rings (SSSR count). The van der Waals surface area contributed by atoms with Crippen LogP contribution in [0.2, 0.25) is 0 Å². The van der Waals surface area contributed by atoms with Crippen molar-refractivity contribution in [2.45, 2.75) is 16.7 Å². The Morgan fingerprint density at radius 2 is 1.83 bits per heavy atom. The van der Waals surface area contributed by atoms with E-state index in [9.17, 15) is 14.9 Å². The average Bonchev–Trinajstić information content (AvgIpc) is 3.39. The molecule has 0 N–H and O–H groups in total. The lowest BCUT2D eigenvalue weighted by Gasteiger charge is -2.09. The van der Waals surface area contributed by atoms with Gasteiger partial charge in [-0.15, -0.1) is 0 Å². The number of para-hydroxylation sites is 2. The Kier molecular flexibility index (Phi) is 5.36. The topological polar surface area (TPSA) is 100 Å².